The van der Waals surface area contributed by atoms with Crippen molar-refractivity contribution in [2.75, 3.05) is 31.6 Å². The first-order valence-electron chi connectivity index (χ1n) is 9.95. The van der Waals surface area contributed by atoms with Gasteiger partial charge in [-0.3, -0.25) is 9.69 Å². The number of nitrogens with two attached hydrogens (primary N) is 1. The molecule has 148 valence electrons. The Balaban J connectivity index is 1.48. The van der Waals surface area contributed by atoms with Crippen LogP contribution in [0.3, 0.4) is 0 Å². The van der Waals surface area contributed by atoms with E-state index in [1.807, 2.05) is 24.3 Å². The first kappa shape index (κ1) is 19.6. The number of rotatable bonds is 7. The summed E-state index contributed by atoms with van der Waals surface area (Å²) >= 11 is 0. The molecule has 0 aliphatic carbocycles. The molecule has 2 atom stereocenters. The molecule has 2 heterocycles. The predicted molar refractivity (Wildman–Crippen MR) is 108 cm³/mol. The van der Waals surface area contributed by atoms with Crippen LogP contribution in [0, 0.1) is 0 Å². The predicted octanol–water partition coefficient (Wildman–Crippen LogP) is 1.69. The Morgan fingerprint density at radius 2 is 2.26 bits per heavy atom. The van der Waals surface area contributed by atoms with Crippen LogP contribution in [-0.2, 0) is 16.1 Å². The van der Waals surface area contributed by atoms with Crippen molar-refractivity contribution in [3.05, 3.63) is 29.8 Å². The highest BCUT2D eigenvalue weighted by atomic mass is 16.5. The van der Waals surface area contributed by atoms with Crippen LogP contribution in [-0.4, -0.2) is 55.2 Å². The van der Waals surface area contributed by atoms with E-state index in [1.165, 1.54) is 19.4 Å². The molecule has 2 saturated heterocycles. The number of aliphatic imine (C=N–C) groups is 1. The molecule has 2 fully saturated rings. The Morgan fingerprint density at radius 3 is 3.04 bits per heavy atom. The lowest BCUT2D eigenvalue weighted by Crippen LogP contribution is -2.42. The van der Waals surface area contributed by atoms with Gasteiger partial charge in [0.25, 0.3) is 5.91 Å². The second-order valence-electron chi connectivity index (χ2n) is 7.20. The molecule has 0 bridgehead atoms. The number of nitrogens with zero attached hydrogens (tertiary/aromatic N) is 2. The fraction of sp³-hybridized carbons (Fsp3) is 0.600. The highest BCUT2D eigenvalue weighted by Crippen LogP contribution is 2.17. The molecule has 0 aromatic heterocycles. The van der Waals surface area contributed by atoms with E-state index in [1.54, 1.807) is 0 Å². The zero-order valence-corrected chi connectivity index (χ0v) is 16.1. The van der Waals surface area contributed by atoms with Crippen LogP contribution in [0.25, 0.3) is 0 Å². The van der Waals surface area contributed by atoms with Crippen molar-refractivity contribution in [1.29, 1.82) is 0 Å². The van der Waals surface area contributed by atoms with Crippen molar-refractivity contribution >= 4 is 17.6 Å². The van der Waals surface area contributed by atoms with Gasteiger partial charge in [0.1, 0.15) is 6.10 Å². The van der Waals surface area contributed by atoms with Crippen LogP contribution in [0.5, 0.6) is 0 Å². The van der Waals surface area contributed by atoms with Crippen LogP contribution >= 0.6 is 0 Å². The monoisotopic (exact) mass is 373 g/mol. The number of guanidine groups is 1. The van der Waals surface area contributed by atoms with Gasteiger partial charge in [0.2, 0.25) is 0 Å². The zero-order valence-electron chi connectivity index (χ0n) is 16.1. The Morgan fingerprint density at radius 1 is 1.37 bits per heavy atom. The second-order valence-corrected chi connectivity index (χ2v) is 7.20. The number of likely N-dealkylation sites (tertiary alicyclic amines) is 1. The average molecular weight is 374 g/mol. The largest absolute Gasteiger partial charge is 0.370 e. The number of hydrogen-bond acceptors (Lipinski definition) is 4. The van der Waals surface area contributed by atoms with Gasteiger partial charge in [-0.1, -0.05) is 19.1 Å². The van der Waals surface area contributed by atoms with Crippen molar-refractivity contribution in [1.82, 2.24) is 10.2 Å². The molecule has 1 aromatic rings. The second kappa shape index (κ2) is 9.71. The number of anilines is 1. The van der Waals surface area contributed by atoms with Crippen molar-refractivity contribution in [2.45, 2.75) is 51.3 Å². The van der Waals surface area contributed by atoms with E-state index in [0.29, 0.717) is 25.2 Å². The Bertz CT molecular complexity index is 658. The molecule has 0 saturated carbocycles. The Labute approximate surface area is 161 Å². The minimum absolute atomic E-state index is 0.0774. The van der Waals surface area contributed by atoms with Gasteiger partial charge in [-0.15, -0.1) is 0 Å². The summed E-state index contributed by atoms with van der Waals surface area (Å²) in [5, 5.41) is 6.16. The maximum Gasteiger partial charge on any atom is 0.253 e. The third-order valence-electron chi connectivity index (χ3n) is 5.27. The van der Waals surface area contributed by atoms with E-state index >= 15 is 0 Å². The molecule has 2 unspecified atom stereocenters. The van der Waals surface area contributed by atoms with E-state index in [4.69, 9.17) is 10.5 Å². The fourth-order valence-electron chi connectivity index (χ4n) is 3.75. The summed E-state index contributed by atoms with van der Waals surface area (Å²) in [6, 6.07) is 8.24. The molecule has 7 nitrogen and oxygen atoms in total. The lowest BCUT2D eigenvalue weighted by atomic mass is 10.2. The van der Waals surface area contributed by atoms with Gasteiger partial charge in [-0.05, 0) is 56.5 Å². The molecule has 2 aliphatic rings. The summed E-state index contributed by atoms with van der Waals surface area (Å²) in [6.45, 7) is 6.42. The van der Waals surface area contributed by atoms with Crippen molar-refractivity contribution in [2.24, 2.45) is 10.7 Å². The summed E-state index contributed by atoms with van der Waals surface area (Å²) in [6.07, 6.45) is 3.86. The van der Waals surface area contributed by atoms with Gasteiger partial charge >= 0.3 is 0 Å². The van der Waals surface area contributed by atoms with Crippen molar-refractivity contribution in [3.8, 4) is 0 Å². The minimum Gasteiger partial charge on any atom is -0.370 e. The summed E-state index contributed by atoms with van der Waals surface area (Å²) in [5.41, 5.74) is 7.79. The van der Waals surface area contributed by atoms with Crippen LogP contribution in [0.1, 0.15) is 38.2 Å². The fourth-order valence-corrected chi connectivity index (χ4v) is 3.75. The molecule has 2 aliphatic heterocycles. The molecule has 4 N–H and O–H groups in total. The van der Waals surface area contributed by atoms with E-state index in [9.17, 15) is 4.79 Å². The number of benzene rings is 1. The van der Waals surface area contributed by atoms with Gasteiger partial charge in [0.15, 0.2) is 5.96 Å². The molecule has 0 radical (unpaired) electrons. The number of carbonyl (C=O) groups excluding carboxylic acids is 1. The van der Waals surface area contributed by atoms with Gasteiger partial charge in [0.05, 0.1) is 6.54 Å². The average Bonchev–Trinajstić information content (AvgIpc) is 3.36. The maximum absolute atomic E-state index is 12.2. The lowest BCUT2D eigenvalue weighted by Gasteiger charge is -2.23. The van der Waals surface area contributed by atoms with Crippen LogP contribution in [0.2, 0.25) is 0 Å². The minimum atomic E-state index is -0.329. The SMILES string of the molecule is CCN1CCCC1CNC(N)=NCc1cccc(NC(=O)C2CCCO2)c1. The lowest BCUT2D eigenvalue weighted by molar-refractivity contribution is -0.124. The Hall–Kier alpha value is -2.12. The molecular formula is C20H31N5O2. The molecular weight excluding hydrogens is 342 g/mol. The first-order chi connectivity index (χ1) is 13.2. The number of hydrogen-bond donors (Lipinski definition) is 3. The molecule has 3 rings (SSSR count). The number of likely N-dealkylation sites (N-methyl/N-ethyl adjacent to an activating group) is 1. The van der Waals surface area contributed by atoms with Gasteiger partial charge in [-0.2, -0.15) is 0 Å². The van der Waals surface area contributed by atoms with E-state index < -0.39 is 0 Å². The number of ether oxygens (including phenoxy) is 1. The standard InChI is InChI=1S/C20H31N5O2/c1-2-25-10-4-8-17(25)14-23-20(21)22-13-15-6-3-7-16(12-15)24-19(26)18-9-5-11-27-18/h3,6-7,12,17-18H,2,4-5,8-11,13-14H2,1H3,(H,24,26)(H3,21,22,23). The highest BCUT2D eigenvalue weighted by molar-refractivity contribution is 5.94. The van der Waals surface area contributed by atoms with E-state index in [0.717, 1.165) is 37.2 Å². The molecule has 0 spiro atoms. The highest BCUT2D eigenvalue weighted by Gasteiger charge is 2.24. The smallest absolute Gasteiger partial charge is 0.253 e. The molecule has 1 amide bonds. The van der Waals surface area contributed by atoms with E-state index in [-0.39, 0.29) is 12.0 Å². The summed E-state index contributed by atoms with van der Waals surface area (Å²) in [4.78, 5) is 19.1. The summed E-state index contributed by atoms with van der Waals surface area (Å²) in [7, 11) is 0. The third-order valence-corrected chi connectivity index (χ3v) is 5.27. The summed E-state index contributed by atoms with van der Waals surface area (Å²) < 4.78 is 5.42. The number of carbonyl (C=O) groups is 1. The van der Waals surface area contributed by atoms with E-state index in [2.05, 4.69) is 27.4 Å². The maximum atomic E-state index is 12.2. The Kier molecular flexibility index (Phi) is 7.06. The van der Waals surface area contributed by atoms with Gasteiger partial charge in [-0.25, -0.2) is 4.99 Å². The van der Waals surface area contributed by atoms with Crippen molar-refractivity contribution in [3.63, 3.8) is 0 Å². The molecule has 7 heteroatoms. The normalized spacial score (nSPS) is 23.5. The topological polar surface area (TPSA) is 92.0 Å². The van der Waals surface area contributed by atoms with Crippen LogP contribution < -0.4 is 16.4 Å². The molecule has 1 aromatic carbocycles. The number of nitrogens with one attached hydrogen (secondary N) is 2. The summed E-state index contributed by atoms with van der Waals surface area (Å²) in [5.74, 6) is 0.387. The molecule has 27 heavy (non-hydrogen) atoms. The van der Waals surface area contributed by atoms with Gasteiger partial charge < -0.3 is 21.1 Å². The van der Waals surface area contributed by atoms with Crippen molar-refractivity contribution < 1.29 is 9.53 Å². The quantitative estimate of drug-likeness (QED) is 0.500. The zero-order chi connectivity index (χ0) is 19.1. The number of amides is 1. The first-order valence-corrected chi connectivity index (χ1v) is 9.95. The van der Waals surface area contributed by atoms with Gasteiger partial charge in [0, 0.05) is 24.9 Å². The van der Waals surface area contributed by atoms with Crippen LogP contribution in [0.4, 0.5) is 5.69 Å². The third kappa shape index (κ3) is 5.68. The van der Waals surface area contributed by atoms with Crippen LogP contribution in [0.15, 0.2) is 29.3 Å².